The van der Waals surface area contributed by atoms with Crippen molar-refractivity contribution in [2.45, 2.75) is 32.5 Å². The van der Waals surface area contributed by atoms with Crippen LogP contribution in [0.1, 0.15) is 25.0 Å². The molecule has 0 aromatic heterocycles. The molecule has 2 atom stereocenters. The van der Waals surface area contributed by atoms with Gasteiger partial charge in [0.1, 0.15) is 5.82 Å². The molecule has 1 aromatic rings. The number of hydrogen-bond acceptors (Lipinski definition) is 3. The lowest BCUT2D eigenvalue weighted by molar-refractivity contribution is 0.137. The lowest BCUT2D eigenvalue weighted by Crippen LogP contribution is -2.53. The molecule has 0 spiro atoms. The van der Waals surface area contributed by atoms with E-state index in [0.29, 0.717) is 29.8 Å². The third-order valence-electron chi connectivity index (χ3n) is 3.44. The summed E-state index contributed by atoms with van der Waals surface area (Å²) in [5.74, 6) is -0.229. The molecule has 0 radical (unpaired) electrons. The largest absolute Gasteiger partial charge is 0.311 e. The minimum atomic E-state index is -0.229. The van der Waals surface area contributed by atoms with Gasteiger partial charge in [-0.2, -0.15) is 5.26 Å². The van der Waals surface area contributed by atoms with E-state index in [1.54, 1.807) is 6.07 Å². The van der Waals surface area contributed by atoms with Crippen LogP contribution in [0.5, 0.6) is 0 Å². The highest BCUT2D eigenvalue weighted by atomic mass is 19.1. The molecule has 1 aliphatic heterocycles. The molecule has 4 heteroatoms. The summed E-state index contributed by atoms with van der Waals surface area (Å²) in [6.45, 7) is 6.64. The second-order valence-electron chi connectivity index (χ2n) is 5.01. The summed E-state index contributed by atoms with van der Waals surface area (Å²) in [5, 5.41) is 12.3. The fraction of sp³-hybridized carbons (Fsp3) is 0.500. The zero-order valence-corrected chi connectivity index (χ0v) is 10.8. The van der Waals surface area contributed by atoms with Crippen LogP contribution in [-0.2, 0) is 6.54 Å². The normalized spacial score (nSPS) is 24.8. The quantitative estimate of drug-likeness (QED) is 0.867. The van der Waals surface area contributed by atoms with E-state index in [-0.39, 0.29) is 5.82 Å². The van der Waals surface area contributed by atoms with Gasteiger partial charge >= 0.3 is 0 Å². The molecule has 0 aliphatic carbocycles. The Morgan fingerprint density at radius 1 is 1.50 bits per heavy atom. The van der Waals surface area contributed by atoms with Crippen molar-refractivity contribution in [1.29, 1.82) is 5.26 Å². The van der Waals surface area contributed by atoms with Gasteiger partial charge in [-0.3, -0.25) is 4.90 Å². The lowest BCUT2D eigenvalue weighted by atomic mass is 10.1. The number of rotatable bonds is 2. The molecule has 3 nitrogen and oxygen atoms in total. The van der Waals surface area contributed by atoms with Crippen LogP contribution in [0.3, 0.4) is 0 Å². The predicted molar refractivity (Wildman–Crippen MR) is 68.5 cm³/mol. The van der Waals surface area contributed by atoms with Gasteiger partial charge in [-0.25, -0.2) is 4.39 Å². The summed E-state index contributed by atoms with van der Waals surface area (Å²) in [6.07, 6.45) is 0. The van der Waals surface area contributed by atoms with Gasteiger partial charge in [-0.05, 0) is 32.0 Å². The van der Waals surface area contributed by atoms with Gasteiger partial charge in [0, 0.05) is 37.3 Å². The van der Waals surface area contributed by atoms with Crippen LogP contribution in [0.2, 0.25) is 0 Å². The highest BCUT2D eigenvalue weighted by molar-refractivity contribution is 5.33. The molecule has 1 N–H and O–H groups in total. The van der Waals surface area contributed by atoms with E-state index in [0.717, 1.165) is 13.1 Å². The Bertz CT molecular complexity index is 467. The molecule has 0 saturated carbocycles. The van der Waals surface area contributed by atoms with Gasteiger partial charge in [-0.15, -0.1) is 0 Å². The number of halogens is 1. The van der Waals surface area contributed by atoms with Crippen LogP contribution in [0.4, 0.5) is 4.39 Å². The summed E-state index contributed by atoms with van der Waals surface area (Å²) in [5.41, 5.74) is 1.12. The molecule has 96 valence electrons. The Hall–Kier alpha value is -1.44. The Morgan fingerprint density at radius 3 is 3.00 bits per heavy atom. The maximum atomic E-state index is 13.7. The topological polar surface area (TPSA) is 39.1 Å². The number of benzene rings is 1. The molecule has 1 aromatic carbocycles. The first kappa shape index (κ1) is 13.0. The second-order valence-corrected chi connectivity index (χ2v) is 5.01. The molecule has 0 amide bonds. The van der Waals surface area contributed by atoms with E-state index in [1.807, 2.05) is 0 Å². The van der Waals surface area contributed by atoms with Crippen molar-refractivity contribution >= 4 is 0 Å². The molecule has 2 unspecified atom stereocenters. The van der Waals surface area contributed by atoms with Crippen LogP contribution >= 0.6 is 0 Å². The average Bonchev–Trinajstić information content (AvgIpc) is 2.36. The highest BCUT2D eigenvalue weighted by Crippen LogP contribution is 2.16. The van der Waals surface area contributed by atoms with Crippen LogP contribution in [-0.4, -0.2) is 30.1 Å². The lowest BCUT2D eigenvalue weighted by Gasteiger charge is -2.37. The first-order chi connectivity index (χ1) is 8.60. The Kier molecular flexibility index (Phi) is 3.95. The van der Waals surface area contributed by atoms with E-state index in [2.05, 4.69) is 30.1 Å². The molecule has 1 aliphatic rings. The summed E-state index contributed by atoms with van der Waals surface area (Å²) in [6, 6.07) is 7.40. The standard InChI is InChI=1S/C14H18FN3/c1-10-8-18(11(2)7-17-10)9-13-5-12(6-16)3-4-14(13)15/h3-5,10-11,17H,7-9H2,1-2H3. The minimum Gasteiger partial charge on any atom is -0.311 e. The fourth-order valence-electron chi connectivity index (χ4n) is 2.30. The van der Waals surface area contributed by atoms with E-state index in [4.69, 9.17) is 5.26 Å². The Labute approximate surface area is 107 Å². The summed E-state index contributed by atoms with van der Waals surface area (Å²) < 4.78 is 13.7. The zero-order valence-electron chi connectivity index (χ0n) is 10.8. The van der Waals surface area contributed by atoms with Crippen molar-refractivity contribution in [3.8, 4) is 6.07 Å². The molecule has 1 fully saturated rings. The number of nitrogens with zero attached hydrogens (tertiary/aromatic N) is 2. The molecular weight excluding hydrogens is 229 g/mol. The Balaban J connectivity index is 2.15. The van der Waals surface area contributed by atoms with Crippen molar-refractivity contribution < 1.29 is 4.39 Å². The zero-order chi connectivity index (χ0) is 13.1. The smallest absolute Gasteiger partial charge is 0.127 e. The molecular formula is C14H18FN3. The number of nitriles is 1. The van der Waals surface area contributed by atoms with Gasteiger partial charge in [0.2, 0.25) is 0 Å². The van der Waals surface area contributed by atoms with Gasteiger partial charge in [-0.1, -0.05) is 0 Å². The van der Waals surface area contributed by atoms with E-state index in [9.17, 15) is 4.39 Å². The second kappa shape index (κ2) is 5.47. The van der Waals surface area contributed by atoms with Crippen LogP contribution in [0.15, 0.2) is 18.2 Å². The maximum Gasteiger partial charge on any atom is 0.127 e. The number of nitrogens with one attached hydrogen (secondary N) is 1. The highest BCUT2D eigenvalue weighted by Gasteiger charge is 2.23. The third-order valence-corrected chi connectivity index (χ3v) is 3.44. The predicted octanol–water partition coefficient (Wildman–Crippen LogP) is 1.88. The summed E-state index contributed by atoms with van der Waals surface area (Å²) in [4.78, 5) is 2.25. The number of hydrogen-bond donors (Lipinski definition) is 1. The van der Waals surface area contributed by atoms with Gasteiger partial charge in [0.15, 0.2) is 0 Å². The summed E-state index contributed by atoms with van der Waals surface area (Å²) >= 11 is 0. The van der Waals surface area contributed by atoms with Gasteiger partial charge in [0.25, 0.3) is 0 Å². The van der Waals surface area contributed by atoms with E-state index in [1.165, 1.54) is 12.1 Å². The van der Waals surface area contributed by atoms with Gasteiger partial charge < -0.3 is 5.32 Å². The third kappa shape index (κ3) is 2.87. The number of piperazine rings is 1. The van der Waals surface area contributed by atoms with Crippen molar-refractivity contribution in [3.63, 3.8) is 0 Å². The molecule has 2 rings (SSSR count). The first-order valence-electron chi connectivity index (χ1n) is 6.26. The molecule has 1 saturated heterocycles. The minimum absolute atomic E-state index is 0.229. The molecule has 18 heavy (non-hydrogen) atoms. The van der Waals surface area contributed by atoms with Crippen LogP contribution in [0, 0.1) is 17.1 Å². The van der Waals surface area contributed by atoms with Crippen LogP contribution in [0.25, 0.3) is 0 Å². The van der Waals surface area contributed by atoms with Crippen molar-refractivity contribution in [1.82, 2.24) is 10.2 Å². The first-order valence-corrected chi connectivity index (χ1v) is 6.26. The van der Waals surface area contributed by atoms with E-state index >= 15 is 0 Å². The molecule has 0 bridgehead atoms. The van der Waals surface area contributed by atoms with Crippen LogP contribution < -0.4 is 5.32 Å². The van der Waals surface area contributed by atoms with E-state index < -0.39 is 0 Å². The average molecular weight is 247 g/mol. The van der Waals surface area contributed by atoms with Gasteiger partial charge in [0.05, 0.1) is 11.6 Å². The monoisotopic (exact) mass is 247 g/mol. The SMILES string of the molecule is CC1CN(Cc2cc(C#N)ccc2F)C(C)CN1. The Morgan fingerprint density at radius 2 is 2.28 bits per heavy atom. The summed E-state index contributed by atoms with van der Waals surface area (Å²) in [7, 11) is 0. The maximum absolute atomic E-state index is 13.7. The molecule has 1 heterocycles. The van der Waals surface area contributed by atoms with Crippen molar-refractivity contribution in [2.24, 2.45) is 0 Å². The fourth-order valence-corrected chi connectivity index (χ4v) is 2.30. The van der Waals surface area contributed by atoms with Crippen molar-refractivity contribution in [2.75, 3.05) is 13.1 Å². The van der Waals surface area contributed by atoms with Crippen molar-refractivity contribution in [3.05, 3.63) is 35.1 Å².